The zero-order valence-electron chi connectivity index (χ0n) is 31.3. The third-order valence-corrected chi connectivity index (χ3v) is 13.7. The SMILES string of the molecule is O=P(O)(O)O/[S@@](=C1\[C@@H](CO)O[C@H](O[C@H]2[C@H](O)[C@@H](O)[C@@H](O[C@H]3[C@H](O)[C@@H](O)[C@@H](O[C@H]4[C@H](O)[C@@H](O)[C@H](O)O[C@@H]4CO)O[C@@H]3CO)O[C@@H]2CO)[C@H](O)[C@H]1O)[C@H]1O[C@H](CO)[C@@H](O)[C@H](O)[C@H]1O. The molecule has 0 spiro atoms. The minimum absolute atomic E-state index is 0.787. The Labute approximate surface area is 345 Å². The number of aliphatic hydroxyl groups is 17. The van der Waals surface area contributed by atoms with Crippen LogP contribution in [0, 0.1) is 0 Å². The van der Waals surface area contributed by atoms with Crippen molar-refractivity contribution in [3.05, 3.63) is 0 Å². The summed E-state index contributed by atoms with van der Waals surface area (Å²) in [4.78, 5) is 18.6. The molecule has 31 heteroatoms. The summed E-state index contributed by atoms with van der Waals surface area (Å²) in [5, 5.41) is 178. The molecule has 19 N–H and O–H groups in total. The summed E-state index contributed by atoms with van der Waals surface area (Å²) in [7, 11) is -8.38. The molecule has 5 saturated heterocycles. The molecular formula is C30H53O29PS. The van der Waals surface area contributed by atoms with Crippen LogP contribution in [0.25, 0.3) is 0 Å². The first kappa shape index (κ1) is 51.3. The van der Waals surface area contributed by atoms with Crippen LogP contribution in [-0.4, -0.2) is 281 Å². The molecule has 358 valence electrons. The Morgan fingerprint density at radius 1 is 0.459 bits per heavy atom. The fraction of sp³-hybridized carbons (Fsp3) is 0.967. The second-order valence-corrected chi connectivity index (χ2v) is 17.6. The molecule has 0 aromatic rings. The Hall–Kier alpha value is -0.670. The van der Waals surface area contributed by atoms with Gasteiger partial charge < -0.3 is 134 Å². The van der Waals surface area contributed by atoms with Crippen molar-refractivity contribution in [3.63, 3.8) is 0 Å². The minimum atomic E-state index is -5.63. The first-order chi connectivity index (χ1) is 28.6. The number of aliphatic hydroxyl groups excluding tert-OH is 17. The van der Waals surface area contributed by atoms with Gasteiger partial charge in [0.2, 0.25) is 0 Å². The Bertz CT molecular complexity index is 1480. The van der Waals surface area contributed by atoms with Crippen LogP contribution >= 0.6 is 18.6 Å². The largest absolute Gasteiger partial charge is 0.480 e. The van der Waals surface area contributed by atoms with Crippen molar-refractivity contribution in [1.82, 2.24) is 0 Å². The topological polar surface area (TPSA) is 485 Å². The average Bonchev–Trinajstić information content (AvgIpc) is 3.22. The number of hydrogen-bond acceptors (Lipinski definition) is 27. The molecule has 29 nitrogen and oxygen atoms in total. The molecule has 5 aliphatic rings. The summed E-state index contributed by atoms with van der Waals surface area (Å²) in [5.74, 6) is 0. The van der Waals surface area contributed by atoms with E-state index < -0.39 is 203 Å². The highest BCUT2D eigenvalue weighted by Gasteiger charge is 2.56. The van der Waals surface area contributed by atoms with Crippen LogP contribution in [0.15, 0.2) is 0 Å². The molecular weight excluding hydrogens is 887 g/mol. The van der Waals surface area contributed by atoms with E-state index in [9.17, 15) is 101 Å². The first-order valence-corrected chi connectivity index (χ1v) is 21.2. The van der Waals surface area contributed by atoms with Crippen LogP contribution in [-0.2, 0) is 46.4 Å². The molecule has 0 aromatic heterocycles. The summed E-state index contributed by atoms with van der Waals surface area (Å²) in [6.07, 6.45) is -45.4. The van der Waals surface area contributed by atoms with Gasteiger partial charge in [-0.2, -0.15) is 0 Å². The Morgan fingerprint density at radius 3 is 1.31 bits per heavy atom. The van der Waals surface area contributed by atoms with Crippen LogP contribution in [0.4, 0.5) is 0 Å². The minimum Gasteiger partial charge on any atom is -0.394 e. The van der Waals surface area contributed by atoms with Gasteiger partial charge in [0.15, 0.2) is 30.6 Å². The van der Waals surface area contributed by atoms with Gasteiger partial charge in [0.25, 0.3) is 0 Å². The second-order valence-electron chi connectivity index (χ2n) is 14.5. The predicted octanol–water partition coefficient (Wildman–Crippen LogP) is -11.8. The van der Waals surface area contributed by atoms with Gasteiger partial charge in [-0.15, -0.1) is 0 Å². The first-order valence-electron chi connectivity index (χ1n) is 18.4. The molecule has 5 heterocycles. The monoisotopic (exact) mass is 940 g/mol. The van der Waals surface area contributed by atoms with E-state index in [1.54, 1.807) is 0 Å². The van der Waals surface area contributed by atoms with Crippen LogP contribution < -0.4 is 0 Å². The Kier molecular flexibility index (Phi) is 17.9. The summed E-state index contributed by atoms with van der Waals surface area (Å²) >= 11 is 0. The third-order valence-electron chi connectivity index (χ3n) is 10.5. The van der Waals surface area contributed by atoms with Crippen molar-refractivity contribution in [3.8, 4) is 0 Å². The van der Waals surface area contributed by atoms with Crippen LogP contribution in [0.3, 0.4) is 0 Å². The highest BCUT2D eigenvalue weighted by atomic mass is 32.2. The van der Waals surface area contributed by atoms with Gasteiger partial charge in [-0.3, -0.25) is 0 Å². The zero-order valence-corrected chi connectivity index (χ0v) is 33.0. The molecule has 5 rings (SSSR count). The van der Waals surface area contributed by atoms with Gasteiger partial charge in [0.05, 0.1) is 33.0 Å². The molecule has 0 aromatic carbocycles. The zero-order chi connectivity index (χ0) is 45.4. The third kappa shape index (κ3) is 10.8. The van der Waals surface area contributed by atoms with E-state index in [0.717, 1.165) is 0 Å². The molecule has 25 atom stereocenters. The van der Waals surface area contributed by atoms with Crippen molar-refractivity contribution in [1.29, 1.82) is 0 Å². The van der Waals surface area contributed by atoms with E-state index in [-0.39, 0.29) is 0 Å². The summed E-state index contributed by atoms with van der Waals surface area (Å²) < 4.78 is 60.5. The molecule has 5 fully saturated rings. The molecule has 0 bridgehead atoms. The van der Waals surface area contributed by atoms with Crippen molar-refractivity contribution in [2.45, 2.75) is 147 Å². The van der Waals surface area contributed by atoms with E-state index in [0.29, 0.717) is 0 Å². The highest BCUT2D eigenvalue weighted by molar-refractivity contribution is 8.14. The van der Waals surface area contributed by atoms with Gasteiger partial charge in [-0.05, 0) is 10.8 Å². The number of ether oxygens (including phenoxy) is 8. The van der Waals surface area contributed by atoms with Crippen LogP contribution in [0.2, 0.25) is 0 Å². The smallest absolute Gasteiger partial charge is 0.394 e. The van der Waals surface area contributed by atoms with Crippen LogP contribution in [0.1, 0.15) is 0 Å². The van der Waals surface area contributed by atoms with E-state index in [1.807, 2.05) is 0 Å². The lowest BCUT2D eigenvalue weighted by Gasteiger charge is -2.49. The normalized spacial score (nSPS) is 50.0. The van der Waals surface area contributed by atoms with Gasteiger partial charge in [-0.25, -0.2) is 8.54 Å². The maximum atomic E-state index is 12.0. The quantitative estimate of drug-likeness (QED) is 0.0568. The number of phosphoric acid groups is 1. The molecule has 0 saturated carbocycles. The maximum Gasteiger partial charge on any atom is 0.480 e. The van der Waals surface area contributed by atoms with Crippen molar-refractivity contribution >= 4 is 23.5 Å². The molecule has 0 aliphatic carbocycles. The van der Waals surface area contributed by atoms with Crippen molar-refractivity contribution in [2.24, 2.45) is 0 Å². The summed E-state index contributed by atoms with van der Waals surface area (Å²) in [6.45, 7) is -5.11. The van der Waals surface area contributed by atoms with Gasteiger partial charge in [0, 0.05) is 4.86 Å². The van der Waals surface area contributed by atoms with E-state index >= 15 is 0 Å². The van der Waals surface area contributed by atoms with Crippen molar-refractivity contribution in [2.75, 3.05) is 33.0 Å². The Morgan fingerprint density at radius 2 is 0.885 bits per heavy atom. The molecule has 61 heavy (non-hydrogen) atoms. The summed E-state index contributed by atoms with van der Waals surface area (Å²) in [6, 6.07) is 0. The Balaban J connectivity index is 1.31. The maximum absolute atomic E-state index is 12.0. The summed E-state index contributed by atoms with van der Waals surface area (Å²) in [5.41, 5.74) is -2.09. The standard InChI is InChI=1S/C30H53O29PS/c31-1-6-11(36)12(37)21(46)30(55-6)61(59-60(48,49)50)25-10(5-35)54-29(20(45)16(25)41)58-24-9(4-34)53-28(19(44)15(24)40)57-23-8(3-33)52-27(18(43)14(23)39)56-22-7(2-32)51-26(47)17(42)13(22)38/h6-24,26-47H,1-5H2,(H2,48,49,50)/t6-,7-,8-,9-,10-,11-,12+,13-,14-,15-,16-,17-,18-,19-,20-,21-,22-,23-,24-,26-,27-,28-,29-,30-,61+/m1/s1. The highest BCUT2D eigenvalue weighted by Crippen LogP contribution is 2.50. The average molecular weight is 941 g/mol. The second kappa shape index (κ2) is 21.3. The van der Waals surface area contributed by atoms with Crippen LogP contribution in [0.5, 0.6) is 0 Å². The predicted molar refractivity (Wildman–Crippen MR) is 187 cm³/mol. The number of hydrogen-bond donors (Lipinski definition) is 19. The van der Waals surface area contributed by atoms with Crippen molar-refractivity contribution < 1.29 is 143 Å². The molecule has 0 unspecified atom stereocenters. The fourth-order valence-corrected chi connectivity index (χ4v) is 10.5. The fourth-order valence-electron chi connectivity index (χ4n) is 7.25. The molecule has 5 aliphatic heterocycles. The lowest BCUT2D eigenvalue weighted by atomic mass is 9.96. The van der Waals surface area contributed by atoms with E-state index in [4.69, 9.17) is 41.9 Å². The number of rotatable bonds is 14. The van der Waals surface area contributed by atoms with Gasteiger partial charge >= 0.3 is 7.82 Å². The lowest BCUT2D eigenvalue weighted by Crippen LogP contribution is -2.67. The van der Waals surface area contributed by atoms with E-state index in [2.05, 4.69) is 0 Å². The molecule has 0 amide bonds. The van der Waals surface area contributed by atoms with Gasteiger partial charge in [0.1, 0.15) is 116 Å². The van der Waals surface area contributed by atoms with Gasteiger partial charge in [-0.1, -0.05) is 0 Å². The lowest BCUT2D eigenvalue weighted by molar-refractivity contribution is -0.384. The molecule has 0 radical (unpaired) electrons. The van der Waals surface area contributed by atoms with E-state index in [1.165, 1.54) is 0 Å².